The number of esters is 2. The van der Waals surface area contributed by atoms with Crippen LogP contribution in [0.2, 0.25) is 0 Å². The minimum Gasteiger partial charge on any atom is -0.461 e. The van der Waals surface area contributed by atoms with E-state index in [0.717, 1.165) is 0 Å². The summed E-state index contributed by atoms with van der Waals surface area (Å²) in [6.45, 7) is 6.68. The number of hydrogen-bond acceptors (Lipinski definition) is 5. The number of nitrogens with zero attached hydrogens (tertiary/aromatic N) is 1. The third-order valence-electron chi connectivity index (χ3n) is 1.52. The van der Waals surface area contributed by atoms with Gasteiger partial charge in [0.2, 0.25) is 0 Å². The fourth-order valence-corrected chi connectivity index (χ4v) is 0.885. The molecule has 0 N–H and O–H groups in total. The molecule has 0 aliphatic rings. The second-order valence-corrected chi connectivity index (χ2v) is 3.16. The van der Waals surface area contributed by atoms with E-state index in [1.807, 2.05) is 0 Å². The molecular formula is C13H17NO4. The molecule has 0 aliphatic heterocycles. The van der Waals surface area contributed by atoms with Crippen LogP contribution in [0.5, 0.6) is 0 Å². The van der Waals surface area contributed by atoms with E-state index in [2.05, 4.69) is 11.6 Å². The van der Waals surface area contributed by atoms with Gasteiger partial charge in [0.1, 0.15) is 12.4 Å². The fraction of sp³-hybridized carbons (Fsp3) is 0.308. The number of carbonyl (C=O) groups is 2. The average Bonchev–Trinajstić information content (AvgIpc) is 2.27. The minimum absolute atomic E-state index is 0.0477. The molecule has 0 unspecified atom stereocenters. The zero-order valence-corrected chi connectivity index (χ0v) is 10.6. The van der Waals surface area contributed by atoms with Gasteiger partial charge in [-0.05, 0) is 18.2 Å². The summed E-state index contributed by atoms with van der Waals surface area (Å²) in [6, 6.07) is 0. The van der Waals surface area contributed by atoms with Crippen LogP contribution in [0.4, 0.5) is 0 Å². The predicted molar refractivity (Wildman–Crippen MR) is 69.2 cm³/mol. The molecule has 0 bridgehead atoms. The van der Waals surface area contributed by atoms with E-state index < -0.39 is 11.9 Å². The first-order chi connectivity index (χ1) is 8.56. The Morgan fingerprint density at radius 2 is 2.00 bits per heavy atom. The Morgan fingerprint density at radius 1 is 1.28 bits per heavy atom. The van der Waals surface area contributed by atoms with Crippen molar-refractivity contribution in [2.24, 2.45) is 4.99 Å². The summed E-state index contributed by atoms with van der Waals surface area (Å²) in [6.07, 6.45) is 7.88. The Labute approximate surface area is 106 Å². The third-order valence-corrected chi connectivity index (χ3v) is 1.52. The van der Waals surface area contributed by atoms with Crippen molar-refractivity contribution in [2.45, 2.75) is 13.8 Å². The maximum Gasteiger partial charge on any atom is 0.308 e. The Morgan fingerprint density at radius 3 is 2.56 bits per heavy atom. The highest BCUT2D eigenvalue weighted by molar-refractivity contribution is 5.73. The van der Waals surface area contributed by atoms with E-state index in [-0.39, 0.29) is 6.61 Å². The molecule has 0 rings (SSSR count). The Bertz CT molecular complexity index is 380. The van der Waals surface area contributed by atoms with E-state index in [0.29, 0.717) is 12.3 Å². The highest BCUT2D eigenvalue weighted by Crippen LogP contribution is 2.00. The second kappa shape index (κ2) is 10.0. The quantitative estimate of drug-likeness (QED) is 0.227. The molecule has 98 valence electrons. The summed E-state index contributed by atoms with van der Waals surface area (Å²) in [5.74, 6) is -0.546. The van der Waals surface area contributed by atoms with E-state index in [9.17, 15) is 9.59 Å². The maximum atomic E-state index is 10.8. The van der Waals surface area contributed by atoms with Gasteiger partial charge in [0.15, 0.2) is 0 Å². The molecule has 0 amide bonds. The van der Waals surface area contributed by atoms with Gasteiger partial charge in [0.05, 0.1) is 6.54 Å². The topological polar surface area (TPSA) is 65.0 Å². The first kappa shape index (κ1) is 15.8. The van der Waals surface area contributed by atoms with Crippen molar-refractivity contribution in [1.82, 2.24) is 0 Å². The summed E-state index contributed by atoms with van der Waals surface area (Å²) in [5.41, 5.74) is 0. The molecule has 0 atom stereocenters. The molecular weight excluding hydrogens is 234 g/mol. The zero-order valence-electron chi connectivity index (χ0n) is 10.6. The van der Waals surface area contributed by atoms with Crippen LogP contribution in [-0.2, 0) is 19.1 Å². The van der Waals surface area contributed by atoms with Crippen molar-refractivity contribution in [2.75, 3.05) is 13.2 Å². The number of rotatable bonds is 7. The molecule has 0 aromatic rings. The molecule has 5 nitrogen and oxygen atoms in total. The first-order valence-electron chi connectivity index (χ1n) is 5.35. The van der Waals surface area contributed by atoms with Gasteiger partial charge in [0.25, 0.3) is 0 Å². The van der Waals surface area contributed by atoms with E-state index in [1.54, 1.807) is 24.4 Å². The van der Waals surface area contributed by atoms with Gasteiger partial charge in [-0.1, -0.05) is 6.08 Å². The van der Waals surface area contributed by atoms with Gasteiger partial charge < -0.3 is 9.47 Å². The molecule has 0 fully saturated rings. The van der Waals surface area contributed by atoms with Crippen LogP contribution in [0.1, 0.15) is 13.8 Å². The van der Waals surface area contributed by atoms with Crippen molar-refractivity contribution < 1.29 is 19.1 Å². The molecule has 0 heterocycles. The standard InChI is InChI=1S/C13H17NO4/c1-4-8-14-9-5-6-13(18-12(3)16)7-10-17-11(2)15/h4-7,9H,1,8,10H2,2-3H3/b6-5+,13-7-,14-9?. The number of hydrogen-bond donors (Lipinski definition) is 0. The molecule has 18 heavy (non-hydrogen) atoms. The third kappa shape index (κ3) is 10.4. The molecule has 0 aromatic heterocycles. The summed E-state index contributed by atoms with van der Waals surface area (Å²) in [4.78, 5) is 25.4. The van der Waals surface area contributed by atoms with Crippen LogP contribution in [0.3, 0.4) is 0 Å². The molecule has 0 aromatic carbocycles. The molecule has 0 radical (unpaired) electrons. The normalized spacial score (nSPS) is 11.8. The number of carbonyl (C=O) groups excluding carboxylic acids is 2. The zero-order chi connectivity index (χ0) is 13.8. The lowest BCUT2D eigenvalue weighted by Crippen LogP contribution is -2.02. The molecule has 0 saturated heterocycles. The number of ether oxygens (including phenoxy) is 2. The van der Waals surface area contributed by atoms with Crippen molar-refractivity contribution in [3.63, 3.8) is 0 Å². The van der Waals surface area contributed by atoms with Crippen molar-refractivity contribution in [3.8, 4) is 0 Å². The highest BCUT2D eigenvalue weighted by atomic mass is 16.5. The first-order valence-corrected chi connectivity index (χ1v) is 5.35. The lowest BCUT2D eigenvalue weighted by Gasteiger charge is -2.02. The second-order valence-electron chi connectivity index (χ2n) is 3.16. The Kier molecular flexibility index (Phi) is 8.81. The van der Waals surface area contributed by atoms with Crippen LogP contribution in [0.15, 0.2) is 41.6 Å². The van der Waals surface area contributed by atoms with Crippen LogP contribution < -0.4 is 0 Å². The number of allylic oxidation sites excluding steroid dienone is 2. The van der Waals surface area contributed by atoms with Crippen molar-refractivity contribution in [3.05, 3.63) is 36.6 Å². The summed E-state index contributed by atoms with van der Waals surface area (Å²) >= 11 is 0. The smallest absolute Gasteiger partial charge is 0.308 e. The Balaban J connectivity index is 4.42. The van der Waals surface area contributed by atoms with Crippen LogP contribution in [0.25, 0.3) is 0 Å². The van der Waals surface area contributed by atoms with Gasteiger partial charge in [0, 0.05) is 20.1 Å². The maximum absolute atomic E-state index is 10.8. The largest absolute Gasteiger partial charge is 0.461 e. The van der Waals surface area contributed by atoms with Crippen molar-refractivity contribution >= 4 is 18.2 Å². The summed E-state index contributed by atoms with van der Waals surface area (Å²) in [7, 11) is 0. The van der Waals surface area contributed by atoms with Crippen LogP contribution in [0, 0.1) is 0 Å². The SMILES string of the molecule is C=CCN=C/C=C/C(=C/COC(C)=O)OC(C)=O. The molecule has 0 saturated carbocycles. The Hall–Kier alpha value is -2.17. The van der Waals surface area contributed by atoms with Gasteiger partial charge in [-0.15, -0.1) is 6.58 Å². The highest BCUT2D eigenvalue weighted by Gasteiger charge is 1.98. The molecule has 0 spiro atoms. The van der Waals surface area contributed by atoms with E-state index in [4.69, 9.17) is 9.47 Å². The summed E-state index contributed by atoms with van der Waals surface area (Å²) < 4.78 is 9.61. The predicted octanol–water partition coefficient (Wildman–Crippen LogP) is 1.81. The van der Waals surface area contributed by atoms with Crippen LogP contribution in [-0.4, -0.2) is 31.3 Å². The van der Waals surface area contributed by atoms with Gasteiger partial charge in [-0.2, -0.15) is 0 Å². The van der Waals surface area contributed by atoms with Crippen LogP contribution >= 0.6 is 0 Å². The van der Waals surface area contributed by atoms with Gasteiger partial charge in [-0.25, -0.2) is 0 Å². The van der Waals surface area contributed by atoms with Crippen molar-refractivity contribution in [1.29, 1.82) is 0 Å². The van der Waals surface area contributed by atoms with Gasteiger partial charge in [-0.3, -0.25) is 14.6 Å². The van der Waals surface area contributed by atoms with Gasteiger partial charge >= 0.3 is 11.9 Å². The lowest BCUT2D eigenvalue weighted by atomic mass is 10.4. The van der Waals surface area contributed by atoms with E-state index >= 15 is 0 Å². The number of aliphatic imine (C=N–C) groups is 1. The monoisotopic (exact) mass is 251 g/mol. The molecule has 5 heteroatoms. The molecule has 0 aliphatic carbocycles. The summed E-state index contributed by atoms with van der Waals surface area (Å²) in [5, 5.41) is 0. The lowest BCUT2D eigenvalue weighted by molar-refractivity contribution is -0.139. The fourth-order valence-electron chi connectivity index (χ4n) is 0.885. The minimum atomic E-state index is -0.447. The average molecular weight is 251 g/mol. The van der Waals surface area contributed by atoms with E-state index in [1.165, 1.54) is 19.9 Å².